The zero-order valence-corrected chi connectivity index (χ0v) is 12.4. The molecule has 1 aromatic heterocycles. The van der Waals surface area contributed by atoms with Crippen molar-refractivity contribution in [3.05, 3.63) is 48.2 Å². The van der Waals surface area contributed by atoms with E-state index in [-0.39, 0.29) is 0 Å². The standard InChI is InChI=1S/C17H22N4/c1-18-17(21-14-7-3-4-8-14)19-11-10-15-12-13-6-2-5-9-16(13)20-15/h2-6,9,12,14,20H,7-8,10-11H2,1H3,(H2,18,19,21). The number of hydrogen-bond donors (Lipinski definition) is 3. The summed E-state index contributed by atoms with van der Waals surface area (Å²) in [6, 6.07) is 11.1. The average molecular weight is 282 g/mol. The number of rotatable bonds is 4. The molecule has 21 heavy (non-hydrogen) atoms. The number of benzene rings is 1. The molecule has 4 nitrogen and oxygen atoms in total. The molecule has 1 aliphatic rings. The zero-order chi connectivity index (χ0) is 14.5. The highest BCUT2D eigenvalue weighted by Crippen LogP contribution is 2.14. The van der Waals surface area contributed by atoms with E-state index in [1.165, 1.54) is 16.6 Å². The van der Waals surface area contributed by atoms with Crippen molar-refractivity contribution >= 4 is 16.9 Å². The molecule has 4 heteroatoms. The Bertz CT molecular complexity index is 613. The molecule has 3 N–H and O–H groups in total. The molecule has 110 valence electrons. The van der Waals surface area contributed by atoms with Crippen LogP contribution in [0.1, 0.15) is 18.5 Å². The molecule has 0 spiro atoms. The average Bonchev–Trinajstić information content (AvgIpc) is 3.14. The van der Waals surface area contributed by atoms with Crippen LogP contribution in [-0.2, 0) is 6.42 Å². The topological polar surface area (TPSA) is 52.2 Å². The summed E-state index contributed by atoms with van der Waals surface area (Å²) in [6.45, 7) is 0.868. The minimum atomic E-state index is 0.490. The number of nitrogens with one attached hydrogen (secondary N) is 3. The molecule has 0 amide bonds. The molecule has 0 unspecified atom stereocenters. The van der Waals surface area contributed by atoms with E-state index in [9.17, 15) is 0 Å². The Kier molecular flexibility index (Phi) is 4.24. The first-order valence-corrected chi connectivity index (χ1v) is 7.54. The molecule has 0 bridgehead atoms. The van der Waals surface area contributed by atoms with E-state index >= 15 is 0 Å². The highest BCUT2D eigenvalue weighted by Gasteiger charge is 2.11. The first-order valence-electron chi connectivity index (χ1n) is 7.54. The molecule has 1 aromatic carbocycles. The van der Waals surface area contributed by atoms with Crippen molar-refractivity contribution in [1.82, 2.24) is 15.6 Å². The molecule has 0 aliphatic heterocycles. The Morgan fingerprint density at radius 3 is 2.86 bits per heavy atom. The monoisotopic (exact) mass is 282 g/mol. The summed E-state index contributed by atoms with van der Waals surface area (Å²) in [5, 5.41) is 8.10. The fraction of sp³-hybridized carbons (Fsp3) is 0.353. The molecule has 2 aromatic rings. The van der Waals surface area contributed by atoms with Crippen LogP contribution in [0.4, 0.5) is 0 Å². The van der Waals surface area contributed by atoms with Crippen LogP contribution in [0.3, 0.4) is 0 Å². The molecule has 0 saturated heterocycles. The van der Waals surface area contributed by atoms with E-state index in [1.807, 2.05) is 7.05 Å². The SMILES string of the molecule is CN=C(NCCc1cc2ccccc2[nH]1)NC1CC=CC1. The molecule has 0 atom stereocenters. The number of para-hydroxylation sites is 1. The van der Waals surface area contributed by atoms with Crippen molar-refractivity contribution in [2.45, 2.75) is 25.3 Å². The van der Waals surface area contributed by atoms with Gasteiger partial charge in [0.2, 0.25) is 0 Å². The summed E-state index contributed by atoms with van der Waals surface area (Å²) in [7, 11) is 1.82. The van der Waals surface area contributed by atoms with Crippen LogP contribution in [0, 0.1) is 0 Å². The lowest BCUT2D eigenvalue weighted by molar-refractivity contribution is 0.632. The summed E-state index contributed by atoms with van der Waals surface area (Å²) in [4.78, 5) is 7.73. The maximum atomic E-state index is 4.28. The van der Waals surface area contributed by atoms with Gasteiger partial charge in [-0.2, -0.15) is 0 Å². The maximum absolute atomic E-state index is 4.28. The van der Waals surface area contributed by atoms with Crippen LogP contribution in [0.15, 0.2) is 47.5 Å². The van der Waals surface area contributed by atoms with E-state index < -0.39 is 0 Å². The summed E-state index contributed by atoms with van der Waals surface area (Å²) in [5.41, 5.74) is 2.45. The number of guanidine groups is 1. The fourth-order valence-corrected chi connectivity index (χ4v) is 2.71. The second-order valence-electron chi connectivity index (χ2n) is 5.41. The summed E-state index contributed by atoms with van der Waals surface area (Å²) >= 11 is 0. The van der Waals surface area contributed by atoms with Crippen molar-refractivity contribution in [2.75, 3.05) is 13.6 Å². The number of H-pyrrole nitrogens is 1. The van der Waals surface area contributed by atoms with Gasteiger partial charge in [-0.15, -0.1) is 0 Å². The lowest BCUT2D eigenvalue weighted by atomic mass is 10.2. The quantitative estimate of drug-likeness (QED) is 0.459. The fourth-order valence-electron chi connectivity index (χ4n) is 2.71. The lowest BCUT2D eigenvalue weighted by Gasteiger charge is -2.16. The summed E-state index contributed by atoms with van der Waals surface area (Å²) in [5.74, 6) is 0.889. The minimum absolute atomic E-state index is 0.490. The first-order chi connectivity index (χ1) is 10.3. The molecule has 1 aliphatic carbocycles. The number of fused-ring (bicyclic) bond motifs is 1. The van der Waals surface area contributed by atoms with Gasteiger partial charge in [0.25, 0.3) is 0 Å². The van der Waals surface area contributed by atoms with E-state index in [0.717, 1.165) is 31.8 Å². The highest BCUT2D eigenvalue weighted by atomic mass is 15.2. The third kappa shape index (κ3) is 3.45. The Morgan fingerprint density at radius 2 is 2.10 bits per heavy atom. The van der Waals surface area contributed by atoms with Gasteiger partial charge >= 0.3 is 0 Å². The van der Waals surface area contributed by atoms with Crippen LogP contribution < -0.4 is 10.6 Å². The van der Waals surface area contributed by atoms with Crippen LogP contribution in [0.5, 0.6) is 0 Å². The van der Waals surface area contributed by atoms with Crippen LogP contribution >= 0.6 is 0 Å². The van der Waals surface area contributed by atoms with E-state index in [0.29, 0.717) is 6.04 Å². The van der Waals surface area contributed by atoms with E-state index in [2.05, 4.69) is 63.1 Å². The van der Waals surface area contributed by atoms with Crippen LogP contribution in [0.2, 0.25) is 0 Å². The number of aromatic nitrogens is 1. The van der Waals surface area contributed by atoms with Gasteiger partial charge in [0.05, 0.1) is 0 Å². The molecule has 1 heterocycles. The Labute approximate surface area is 125 Å². The maximum Gasteiger partial charge on any atom is 0.191 e. The van der Waals surface area contributed by atoms with Crippen molar-refractivity contribution in [2.24, 2.45) is 4.99 Å². The normalized spacial score (nSPS) is 15.8. The smallest absolute Gasteiger partial charge is 0.191 e. The van der Waals surface area contributed by atoms with Crippen molar-refractivity contribution in [3.8, 4) is 0 Å². The van der Waals surface area contributed by atoms with Gasteiger partial charge < -0.3 is 15.6 Å². The van der Waals surface area contributed by atoms with Crippen molar-refractivity contribution in [3.63, 3.8) is 0 Å². The first kappa shape index (κ1) is 13.7. The highest BCUT2D eigenvalue weighted by molar-refractivity contribution is 5.81. The largest absolute Gasteiger partial charge is 0.358 e. The zero-order valence-electron chi connectivity index (χ0n) is 12.4. The summed E-state index contributed by atoms with van der Waals surface area (Å²) < 4.78 is 0. The van der Waals surface area contributed by atoms with Crippen LogP contribution in [0.25, 0.3) is 10.9 Å². The predicted octanol–water partition coefficient (Wildman–Crippen LogP) is 2.59. The van der Waals surface area contributed by atoms with Gasteiger partial charge in [0.15, 0.2) is 5.96 Å². The molecule has 0 fully saturated rings. The van der Waals surface area contributed by atoms with E-state index in [4.69, 9.17) is 0 Å². The van der Waals surface area contributed by atoms with Gasteiger partial charge in [-0.3, -0.25) is 4.99 Å². The summed E-state index contributed by atoms with van der Waals surface area (Å²) in [6.07, 6.45) is 7.56. The molecule has 0 radical (unpaired) electrons. The van der Waals surface area contributed by atoms with Crippen molar-refractivity contribution < 1.29 is 0 Å². The van der Waals surface area contributed by atoms with Crippen molar-refractivity contribution in [1.29, 1.82) is 0 Å². The van der Waals surface area contributed by atoms with Gasteiger partial charge in [-0.25, -0.2) is 0 Å². The van der Waals surface area contributed by atoms with Gasteiger partial charge in [-0.1, -0.05) is 30.4 Å². The number of hydrogen-bond acceptors (Lipinski definition) is 1. The molecular formula is C17H22N4. The Morgan fingerprint density at radius 1 is 1.29 bits per heavy atom. The molecule has 0 saturated carbocycles. The predicted molar refractivity (Wildman–Crippen MR) is 88.7 cm³/mol. The Hall–Kier alpha value is -2.23. The third-order valence-corrected chi connectivity index (χ3v) is 3.84. The Balaban J connectivity index is 1.50. The minimum Gasteiger partial charge on any atom is -0.358 e. The number of nitrogens with zero attached hydrogens (tertiary/aromatic N) is 1. The second-order valence-corrected chi connectivity index (χ2v) is 5.41. The van der Waals surface area contributed by atoms with E-state index in [1.54, 1.807) is 0 Å². The number of aliphatic imine (C=N–C) groups is 1. The third-order valence-electron chi connectivity index (χ3n) is 3.84. The van der Waals surface area contributed by atoms with Gasteiger partial charge in [-0.05, 0) is 30.4 Å². The second kappa shape index (κ2) is 6.48. The van der Waals surface area contributed by atoms with Gasteiger partial charge in [0, 0.05) is 37.3 Å². The lowest BCUT2D eigenvalue weighted by Crippen LogP contribution is -2.43. The number of aromatic amines is 1. The molecule has 3 rings (SSSR count). The van der Waals surface area contributed by atoms with Gasteiger partial charge in [0.1, 0.15) is 0 Å². The van der Waals surface area contributed by atoms with Crippen LogP contribution in [-0.4, -0.2) is 30.6 Å². The molecular weight excluding hydrogens is 260 g/mol.